The van der Waals surface area contributed by atoms with Gasteiger partial charge < -0.3 is 9.15 Å². The van der Waals surface area contributed by atoms with Gasteiger partial charge in [-0.3, -0.25) is 4.79 Å². The summed E-state index contributed by atoms with van der Waals surface area (Å²) in [5.41, 5.74) is 0. The Balaban J connectivity index is 1.79. The number of rotatable bonds is 6. The fourth-order valence-corrected chi connectivity index (χ4v) is 2.59. The van der Waals surface area contributed by atoms with Gasteiger partial charge >= 0.3 is 5.97 Å². The minimum atomic E-state index is -0.194. The van der Waals surface area contributed by atoms with Crippen molar-refractivity contribution in [3.63, 3.8) is 0 Å². The summed E-state index contributed by atoms with van der Waals surface area (Å²) in [5, 5.41) is 10.4. The summed E-state index contributed by atoms with van der Waals surface area (Å²) in [6.07, 6.45) is 1.14. The number of carbonyl (C=O) groups is 1. The summed E-state index contributed by atoms with van der Waals surface area (Å²) in [6.45, 7) is 0. The standard InChI is InChI=1S/C11H12N2O3S2/c1-15-9(14)5-3-7-18-11-13-12-10(16-11)8-4-2-6-17-8/h2,4,6H,3,5,7H2,1H3. The van der Waals surface area contributed by atoms with Crippen LogP contribution in [0.2, 0.25) is 0 Å². The van der Waals surface area contributed by atoms with Crippen molar-refractivity contribution < 1.29 is 13.9 Å². The molecule has 0 aliphatic rings. The molecule has 0 aliphatic carbocycles. The average Bonchev–Trinajstić information content (AvgIpc) is 3.04. The molecule has 2 aromatic heterocycles. The van der Waals surface area contributed by atoms with Gasteiger partial charge in [0.05, 0.1) is 12.0 Å². The molecular weight excluding hydrogens is 272 g/mol. The molecule has 0 aromatic carbocycles. The fourth-order valence-electron chi connectivity index (χ4n) is 1.25. The number of hydrogen-bond acceptors (Lipinski definition) is 7. The largest absolute Gasteiger partial charge is 0.469 e. The van der Waals surface area contributed by atoms with Crippen LogP contribution in [0.15, 0.2) is 27.2 Å². The van der Waals surface area contributed by atoms with E-state index in [0.717, 1.165) is 17.1 Å². The molecule has 0 amide bonds. The van der Waals surface area contributed by atoms with E-state index in [-0.39, 0.29) is 5.97 Å². The number of nitrogens with zero attached hydrogens (tertiary/aromatic N) is 2. The van der Waals surface area contributed by atoms with Crippen LogP contribution in [0.1, 0.15) is 12.8 Å². The highest BCUT2D eigenvalue weighted by Crippen LogP contribution is 2.26. The Kier molecular flexibility index (Phi) is 4.77. The lowest BCUT2D eigenvalue weighted by Gasteiger charge is -1.97. The molecule has 0 radical (unpaired) electrons. The number of aromatic nitrogens is 2. The quantitative estimate of drug-likeness (QED) is 0.461. The normalized spacial score (nSPS) is 10.5. The molecule has 5 nitrogen and oxygen atoms in total. The molecule has 2 aromatic rings. The maximum atomic E-state index is 10.9. The van der Waals surface area contributed by atoms with Crippen LogP contribution in [0.4, 0.5) is 0 Å². The van der Waals surface area contributed by atoms with Crippen LogP contribution in [0.5, 0.6) is 0 Å². The molecule has 96 valence electrons. The van der Waals surface area contributed by atoms with Crippen LogP contribution in [0.25, 0.3) is 10.8 Å². The first-order chi connectivity index (χ1) is 8.79. The zero-order valence-electron chi connectivity index (χ0n) is 9.79. The van der Waals surface area contributed by atoms with E-state index in [1.165, 1.54) is 18.9 Å². The topological polar surface area (TPSA) is 65.2 Å². The van der Waals surface area contributed by atoms with E-state index in [2.05, 4.69) is 14.9 Å². The molecule has 18 heavy (non-hydrogen) atoms. The highest BCUT2D eigenvalue weighted by molar-refractivity contribution is 7.99. The second-order valence-electron chi connectivity index (χ2n) is 3.38. The third-order valence-corrected chi connectivity index (χ3v) is 3.88. The van der Waals surface area contributed by atoms with Gasteiger partial charge in [0.1, 0.15) is 0 Å². The average molecular weight is 284 g/mol. The Morgan fingerprint density at radius 1 is 1.56 bits per heavy atom. The molecule has 0 unspecified atom stereocenters. The van der Waals surface area contributed by atoms with Crippen molar-refractivity contribution in [2.45, 2.75) is 18.1 Å². The van der Waals surface area contributed by atoms with Crippen molar-refractivity contribution in [2.75, 3.05) is 12.9 Å². The summed E-state index contributed by atoms with van der Waals surface area (Å²) in [7, 11) is 1.39. The molecule has 0 atom stereocenters. The summed E-state index contributed by atoms with van der Waals surface area (Å²) >= 11 is 3.01. The zero-order chi connectivity index (χ0) is 12.8. The summed E-state index contributed by atoms with van der Waals surface area (Å²) < 4.78 is 10.1. The molecule has 0 saturated carbocycles. The SMILES string of the molecule is COC(=O)CCCSc1nnc(-c2cccs2)o1. The number of hydrogen-bond donors (Lipinski definition) is 0. The number of esters is 1. The van der Waals surface area contributed by atoms with E-state index >= 15 is 0 Å². The number of thioether (sulfide) groups is 1. The Morgan fingerprint density at radius 2 is 2.44 bits per heavy atom. The maximum absolute atomic E-state index is 10.9. The van der Waals surface area contributed by atoms with Gasteiger partial charge in [-0.2, -0.15) is 0 Å². The third-order valence-electron chi connectivity index (χ3n) is 2.12. The fraction of sp³-hybridized carbons (Fsp3) is 0.364. The summed E-state index contributed by atoms with van der Waals surface area (Å²) in [6, 6.07) is 3.87. The lowest BCUT2D eigenvalue weighted by molar-refractivity contribution is -0.140. The van der Waals surface area contributed by atoms with Crippen molar-refractivity contribution >= 4 is 29.1 Å². The summed E-state index contributed by atoms with van der Waals surface area (Å²) in [5.74, 6) is 1.10. The van der Waals surface area contributed by atoms with Crippen LogP contribution >= 0.6 is 23.1 Å². The number of carbonyl (C=O) groups excluding carboxylic acids is 1. The van der Waals surface area contributed by atoms with E-state index in [9.17, 15) is 4.79 Å². The Morgan fingerprint density at radius 3 is 3.17 bits per heavy atom. The van der Waals surface area contributed by atoms with Crippen LogP contribution in [0.3, 0.4) is 0 Å². The minimum absolute atomic E-state index is 0.194. The number of methoxy groups -OCH3 is 1. The van der Waals surface area contributed by atoms with E-state index in [4.69, 9.17) is 4.42 Å². The Labute approximate surface area is 113 Å². The van der Waals surface area contributed by atoms with Gasteiger partial charge in [-0.25, -0.2) is 0 Å². The minimum Gasteiger partial charge on any atom is -0.469 e. The second kappa shape index (κ2) is 6.55. The maximum Gasteiger partial charge on any atom is 0.305 e. The van der Waals surface area contributed by atoms with Gasteiger partial charge in [-0.15, -0.1) is 21.5 Å². The molecule has 0 N–H and O–H groups in total. The van der Waals surface area contributed by atoms with Crippen molar-refractivity contribution in [2.24, 2.45) is 0 Å². The number of thiophene rings is 1. The van der Waals surface area contributed by atoms with Gasteiger partial charge in [0, 0.05) is 12.2 Å². The van der Waals surface area contributed by atoms with Gasteiger partial charge in [0.15, 0.2) is 0 Å². The van der Waals surface area contributed by atoms with Crippen LogP contribution < -0.4 is 0 Å². The second-order valence-corrected chi connectivity index (χ2v) is 5.37. The zero-order valence-corrected chi connectivity index (χ0v) is 11.4. The van der Waals surface area contributed by atoms with Gasteiger partial charge in [0.2, 0.25) is 0 Å². The molecule has 0 fully saturated rings. The monoisotopic (exact) mass is 284 g/mol. The van der Waals surface area contributed by atoms with Crippen LogP contribution in [-0.4, -0.2) is 29.0 Å². The highest BCUT2D eigenvalue weighted by Gasteiger charge is 2.09. The summed E-state index contributed by atoms with van der Waals surface area (Å²) in [4.78, 5) is 11.9. The van der Waals surface area contributed by atoms with E-state index < -0.39 is 0 Å². The molecular formula is C11H12N2O3S2. The Hall–Kier alpha value is -1.34. The lowest BCUT2D eigenvalue weighted by atomic mass is 10.3. The molecule has 0 saturated heterocycles. The molecule has 7 heteroatoms. The number of ether oxygens (including phenoxy) is 1. The van der Waals surface area contributed by atoms with E-state index in [1.807, 2.05) is 17.5 Å². The lowest BCUT2D eigenvalue weighted by Crippen LogP contribution is -1.99. The van der Waals surface area contributed by atoms with Crippen molar-refractivity contribution in [3.8, 4) is 10.8 Å². The van der Waals surface area contributed by atoms with Gasteiger partial charge in [0.25, 0.3) is 11.1 Å². The molecule has 2 rings (SSSR count). The smallest absolute Gasteiger partial charge is 0.305 e. The first-order valence-electron chi connectivity index (χ1n) is 5.36. The van der Waals surface area contributed by atoms with Gasteiger partial charge in [-0.05, 0) is 17.9 Å². The first kappa shape index (κ1) is 13.1. The van der Waals surface area contributed by atoms with E-state index in [1.54, 1.807) is 11.3 Å². The third kappa shape index (κ3) is 3.58. The Bertz CT molecular complexity index is 496. The molecule has 0 aliphatic heterocycles. The molecule has 2 heterocycles. The van der Waals surface area contributed by atoms with Crippen LogP contribution in [0, 0.1) is 0 Å². The van der Waals surface area contributed by atoms with Gasteiger partial charge in [-0.1, -0.05) is 17.8 Å². The molecule has 0 spiro atoms. The van der Waals surface area contributed by atoms with Crippen LogP contribution in [-0.2, 0) is 9.53 Å². The van der Waals surface area contributed by atoms with Crippen molar-refractivity contribution in [1.29, 1.82) is 0 Å². The molecule has 0 bridgehead atoms. The highest BCUT2D eigenvalue weighted by atomic mass is 32.2. The van der Waals surface area contributed by atoms with Crippen molar-refractivity contribution in [1.82, 2.24) is 10.2 Å². The van der Waals surface area contributed by atoms with Crippen molar-refractivity contribution in [3.05, 3.63) is 17.5 Å². The predicted octanol–water partition coefficient (Wildman–Crippen LogP) is 2.84. The van der Waals surface area contributed by atoms with E-state index in [0.29, 0.717) is 17.5 Å². The first-order valence-corrected chi connectivity index (χ1v) is 7.23. The predicted molar refractivity (Wildman–Crippen MR) is 69.6 cm³/mol.